The molecular formula is C16H24FNO. The first-order valence-corrected chi connectivity index (χ1v) is 7.24. The lowest BCUT2D eigenvalue weighted by Gasteiger charge is -2.29. The van der Waals surface area contributed by atoms with E-state index in [-0.39, 0.29) is 18.0 Å². The van der Waals surface area contributed by atoms with Crippen molar-refractivity contribution in [2.75, 3.05) is 13.2 Å². The Morgan fingerprint density at radius 1 is 1.47 bits per heavy atom. The van der Waals surface area contributed by atoms with E-state index >= 15 is 0 Å². The maximum atomic E-state index is 13.3. The molecule has 0 spiro atoms. The summed E-state index contributed by atoms with van der Waals surface area (Å²) in [4.78, 5) is 0. The predicted molar refractivity (Wildman–Crippen MR) is 75.7 cm³/mol. The molecule has 1 heterocycles. The summed E-state index contributed by atoms with van der Waals surface area (Å²) in [5.41, 5.74) is 2.16. The molecular weight excluding hydrogens is 241 g/mol. The van der Waals surface area contributed by atoms with Gasteiger partial charge in [-0.25, -0.2) is 4.39 Å². The van der Waals surface area contributed by atoms with Gasteiger partial charge in [0.1, 0.15) is 5.82 Å². The van der Waals surface area contributed by atoms with Crippen LogP contribution < -0.4 is 5.32 Å². The third-order valence-corrected chi connectivity index (χ3v) is 3.95. The Labute approximate surface area is 115 Å². The minimum atomic E-state index is -0.170. The zero-order chi connectivity index (χ0) is 13.8. The first-order valence-electron chi connectivity index (χ1n) is 7.24. The average Bonchev–Trinajstić information content (AvgIpc) is 2.78. The molecule has 0 radical (unpaired) electrons. The van der Waals surface area contributed by atoms with E-state index in [0.29, 0.717) is 5.92 Å². The Kier molecular flexibility index (Phi) is 4.94. The molecule has 0 bridgehead atoms. The molecule has 2 nitrogen and oxygen atoms in total. The number of ether oxygens (including phenoxy) is 1. The highest BCUT2D eigenvalue weighted by molar-refractivity contribution is 5.30. The standard InChI is InChI=1S/C16H24FNO/c1-4-8-18-15(16-11(2)7-9-19-16)14-6-5-13(17)10-12(14)3/h5-6,10-11,15-16,18H,4,7-9H2,1-3H3. The zero-order valence-corrected chi connectivity index (χ0v) is 12.1. The molecule has 0 saturated carbocycles. The fraction of sp³-hybridized carbons (Fsp3) is 0.625. The molecule has 3 atom stereocenters. The van der Waals surface area contributed by atoms with Crippen LogP contribution in [0.4, 0.5) is 4.39 Å². The smallest absolute Gasteiger partial charge is 0.123 e. The summed E-state index contributed by atoms with van der Waals surface area (Å²) in [7, 11) is 0. The van der Waals surface area contributed by atoms with Gasteiger partial charge < -0.3 is 10.1 Å². The third-order valence-electron chi connectivity index (χ3n) is 3.95. The van der Waals surface area contributed by atoms with E-state index in [0.717, 1.165) is 37.1 Å². The summed E-state index contributed by atoms with van der Waals surface area (Å²) in [5, 5.41) is 3.57. The van der Waals surface area contributed by atoms with Gasteiger partial charge in [-0.3, -0.25) is 0 Å². The van der Waals surface area contributed by atoms with Gasteiger partial charge in [-0.2, -0.15) is 0 Å². The molecule has 19 heavy (non-hydrogen) atoms. The number of hydrogen-bond acceptors (Lipinski definition) is 2. The molecule has 1 aromatic rings. The fourth-order valence-electron chi connectivity index (χ4n) is 2.83. The van der Waals surface area contributed by atoms with Crippen LogP contribution in [0.15, 0.2) is 18.2 Å². The second-order valence-electron chi connectivity index (χ2n) is 5.53. The zero-order valence-electron chi connectivity index (χ0n) is 12.1. The minimum Gasteiger partial charge on any atom is -0.376 e. The molecule has 1 aliphatic heterocycles. The Morgan fingerprint density at radius 2 is 2.26 bits per heavy atom. The van der Waals surface area contributed by atoms with Gasteiger partial charge in [-0.1, -0.05) is 19.9 Å². The average molecular weight is 265 g/mol. The van der Waals surface area contributed by atoms with E-state index in [1.165, 1.54) is 0 Å². The van der Waals surface area contributed by atoms with Crippen molar-refractivity contribution in [3.05, 3.63) is 35.1 Å². The number of nitrogens with one attached hydrogen (secondary N) is 1. The molecule has 0 amide bonds. The predicted octanol–water partition coefficient (Wildman–Crippen LogP) is 3.60. The second kappa shape index (κ2) is 6.49. The lowest BCUT2D eigenvalue weighted by atomic mass is 9.90. The molecule has 3 unspecified atom stereocenters. The van der Waals surface area contributed by atoms with Gasteiger partial charge in [-0.05, 0) is 55.5 Å². The number of benzene rings is 1. The van der Waals surface area contributed by atoms with Crippen molar-refractivity contribution in [2.24, 2.45) is 5.92 Å². The van der Waals surface area contributed by atoms with Gasteiger partial charge in [-0.15, -0.1) is 0 Å². The molecule has 0 aliphatic carbocycles. The minimum absolute atomic E-state index is 0.165. The Balaban J connectivity index is 2.25. The van der Waals surface area contributed by atoms with E-state index in [2.05, 4.69) is 19.2 Å². The van der Waals surface area contributed by atoms with Crippen LogP contribution in [0, 0.1) is 18.7 Å². The van der Waals surface area contributed by atoms with Gasteiger partial charge in [0.05, 0.1) is 12.1 Å². The van der Waals surface area contributed by atoms with Gasteiger partial charge in [0.15, 0.2) is 0 Å². The quantitative estimate of drug-likeness (QED) is 0.878. The lowest BCUT2D eigenvalue weighted by Crippen LogP contribution is -2.35. The first kappa shape index (κ1) is 14.5. The van der Waals surface area contributed by atoms with Crippen LogP contribution in [-0.4, -0.2) is 19.3 Å². The highest BCUT2D eigenvalue weighted by Crippen LogP contribution is 2.32. The van der Waals surface area contributed by atoms with Crippen molar-refractivity contribution in [1.82, 2.24) is 5.32 Å². The monoisotopic (exact) mass is 265 g/mol. The van der Waals surface area contributed by atoms with Crippen LogP contribution >= 0.6 is 0 Å². The van der Waals surface area contributed by atoms with E-state index in [1.807, 2.05) is 13.0 Å². The molecule has 3 heteroatoms. The first-order chi connectivity index (χ1) is 9.13. The van der Waals surface area contributed by atoms with Gasteiger partial charge in [0.25, 0.3) is 0 Å². The largest absolute Gasteiger partial charge is 0.376 e. The van der Waals surface area contributed by atoms with E-state index in [9.17, 15) is 4.39 Å². The number of hydrogen-bond donors (Lipinski definition) is 1. The summed E-state index contributed by atoms with van der Waals surface area (Å²) in [6.45, 7) is 8.14. The van der Waals surface area contributed by atoms with Crippen molar-refractivity contribution in [1.29, 1.82) is 0 Å². The van der Waals surface area contributed by atoms with Crippen LogP contribution in [0.2, 0.25) is 0 Å². The van der Waals surface area contributed by atoms with Crippen LogP contribution in [-0.2, 0) is 4.74 Å². The molecule has 0 aromatic heterocycles. The van der Waals surface area contributed by atoms with Crippen molar-refractivity contribution in [3.8, 4) is 0 Å². The Morgan fingerprint density at radius 3 is 2.84 bits per heavy atom. The molecule has 2 rings (SSSR count). The van der Waals surface area contributed by atoms with Crippen LogP contribution in [0.25, 0.3) is 0 Å². The Bertz CT molecular complexity index is 421. The maximum absolute atomic E-state index is 13.3. The maximum Gasteiger partial charge on any atom is 0.123 e. The van der Waals surface area contributed by atoms with Crippen molar-refractivity contribution >= 4 is 0 Å². The molecule has 1 saturated heterocycles. The Hall–Kier alpha value is -0.930. The normalized spacial score (nSPS) is 24.6. The van der Waals surface area contributed by atoms with Crippen molar-refractivity contribution < 1.29 is 9.13 Å². The van der Waals surface area contributed by atoms with Crippen LogP contribution in [0.3, 0.4) is 0 Å². The molecule has 1 aromatic carbocycles. The summed E-state index contributed by atoms with van der Waals surface area (Å²) in [5.74, 6) is 0.370. The highest BCUT2D eigenvalue weighted by atomic mass is 19.1. The number of halogens is 1. The highest BCUT2D eigenvalue weighted by Gasteiger charge is 2.33. The SMILES string of the molecule is CCCNC(c1ccc(F)cc1C)C1OCCC1C. The number of rotatable bonds is 5. The van der Waals surface area contributed by atoms with Crippen molar-refractivity contribution in [3.63, 3.8) is 0 Å². The molecule has 1 aliphatic rings. The molecule has 1 fully saturated rings. The van der Waals surface area contributed by atoms with Crippen molar-refractivity contribution in [2.45, 2.75) is 45.8 Å². The molecule has 106 valence electrons. The lowest BCUT2D eigenvalue weighted by molar-refractivity contribution is 0.0605. The van der Waals surface area contributed by atoms with E-state index in [1.54, 1.807) is 12.1 Å². The van der Waals surface area contributed by atoms with Crippen LogP contribution in [0.1, 0.15) is 43.9 Å². The van der Waals surface area contributed by atoms with Gasteiger partial charge in [0.2, 0.25) is 0 Å². The topological polar surface area (TPSA) is 21.3 Å². The van der Waals surface area contributed by atoms with Gasteiger partial charge >= 0.3 is 0 Å². The summed E-state index contributed by atoms with van der Waals surface area (Å²) < 4.78 is 19.2. The third kappa shape index (κ3) is 3.34. The summed E-state index contributed by atoms with van der Waals surface area (Å²) >= 11 is 0. The molecule has 1 N–H and O–H groups in total. The summed E-state index contributed by atoms with van der Waals surface area (Å²) in [6.07, 6.45) is 2.38. The van der Waals surface area contributed by atoms with E-state index in [4.69, 9.17) is 4.74 Å². The summed E-state index contributed by atoms with van der Waals surface area (Å²) in [6, 6.07) is 5.21. The fourth-order valence-corrected chi connectivity index (χ4v) is 2.83. The van der Waals surface area contributed by atoms with Gasteiger partial charge in [0, 0.05) is 6.61 Å². The van der Waals surface area contributed by atoms with Crippen LogP contribution in [0.5, 0.6) is 0 Å². The van der Waals surface area contributed by atoms with E-state index < -0.39 is 0 Å². The second-order valence-corrected chi connectivity index (χ2v) is 5.53. The number of aryl methyl sites for hydroxylation is 1.